The summed E-state index contributed by atoms with van der Waals surface area (Å²) in [6.45, 7) is 3.34. The zero-order valence-corrected chi connectivity index (χ0v) is 10.9. The van der Waals surface area contributed by atoms with E-state index in [0.29, 0.717) is 6.61 Å². The summed E-state index contributed by atoms with van der Waals surface area (Å²) in [5, 5.41) is 3.05. The van der Waals surface area contributed by atoms with Gasteiger partial charge in [0.1, 0.15) is 23.9 Å². The molecular weight excluding hydrogens is 226 g/mol. The standard InChI is InChI=1S/C15H19NO2/c1-3-12-6-4-5-7-15(12)17-11-14-9-8-13(18-14)10-16-2/h4-9,16H,3,10-11H2,1-2H3. The lowest BCUT2D eigenvalue weighted by Crippen LogP contribution is -2.03. The van der Waals surface area contributed by atoms with Crippen molar-refractivity contribution in [1.82, 2.24) is 5.32 Å². The number of hydrogen-bond donors (Lipinski definition) is 1. The predicted molar refractivity (Wildman–Crippen MR) is 71.6 cm³/mol. The van der Waals surface area contributed by atoms with Crippen molar-refractivity contribution in [2.24, 2.45) is 0 Å². The van der Waals surface area contributed by atoms with Gasteiger partial charge in [-0.05, 0) is 37.2 Å². The van der Waals surface area contributed by atoms with Gasteiger partial charge < -0.3 is 14.5 Å². The molecule has 3 heteroatoms. The van der Waals surface area contributed by atoms with Crippen LogP contribution in [0, 0.1) is 0 Å². The Bertz CT molecular complexity index is 491. The molecule has 0 saturated heterocycles. The summed E-state index contributed by atoms with van der Waals surface area (Å²) < 4.78 is 11.4. The van der Waals surface area contributed by atoms with Gasteiger partial charge in [0, 0.05) is 0 Å². The number of benzene rings is 1. The van der Waals surface area contributed by atoms with Gasteiger partial charge in [-0.3, -0.25) is 0 Å². The molecule has 3 nitrogen and oxygen atoms in total. The highest BCUT2D eigenvalue weighted by Gasteiger charge is 2.04. The number of furan rings is 1. The Labute approximate surface area is 108 Å². The van der Waals surface area contributed by atoms with Crippen LogP contribution < -0.4 is 10.1 Å². The first-order valence-corrected chi connectivity index (χ1v) is 6.26. The van der Waals surface area contributed by atoms with Crippen LogP contribution in [0.15, 0.2) is 40.8 Å². The fraction of sp³-hybridized carbons (Fsp3) is 0.333. The molecule has 1 aromatic heterocycles. The molecule has 1 aromatic carbocycles. The molecule has 0 bridgehead atoms. The van der Waals surface area contributed by atoms with Crippen molar-refractivity contribution in [3.8, 4) is 5.75 Å². The van der Waals surface area contributed by atoms with Crippen LogP contribution >= 0.6 is 0 Å². The highest BCUT2D eigenvalue weighted by Crippen LogP contribution is 2.20. The van der Waals surface area contributed by atoms with E-state index in [1.54, 1.807) is 0 Å². The Morgan fingerprint density at radius 1 is 1.11 bits per heavy atom. The van der Waals surface area contributed by atoms with Crippen LogP contribution in [-0.4, -0.2) is 7.05 Å². The molecule has 0 aliphatic heterocycles. The second kappa shape index (κ2) is 6.26. The van der Waals surface area contributed by atoms with Gasteiger partial charge in [0.05, 0.1) is 6.54 Å². The third-order valence-corrected chi connectivity index (χ3v) is 2.79. The largest absolute Gasteiger partial charge is 0.485 e. The molecule has 0 aliphatic rings. The van der Waals surface area contributed by atoms with Crippen LogP contribution in [0.2, 0.25) is 0 Å². The number of rotatable bonds is 6. The molecule has 0 radical (unpaired) electrons. The zero-order valence-electron chi connectivity index (χ0n) is 10.9. The first kappa shape index (κ1) is 12.7. The lowest BCUT2D eigenvalue weighted by molar-refractivity contribution is 0.263. The van der Waals surface area contributed by atoms with Gasteiger partial charge >= 0.3 is 0 Å². The lowest BCUT2D eigenvalue weighted by Gasteiger charge is -2.08. The van der Waals surface area contributed by atoms with Gasteiger partial charge in [0.2, 0.25) is 0 Å². The Balaban J connectivity index is 1.97. The first-order valence-electron chi connectivity index (χ1n) is 6.26. The van der Waals surface area contributed by atoms with E-state index in [1.807, 2.05) is 37.4 Å². The highest BCUT2D eigenvalue weighted by atomic mass is 16.5. The predicted octanol–water partition coefficient (Wildman–Crippen LogP) is 3.14. The first-order chi connectivity index (χ1) is 8.83. The molecule has 0 atom stereocenters. The Morgan fingerprint density at radius 2 is 1.89 bits per heavy atom. The van der Waals surface area contributed by atoms with Crippen LogP contribution in [0.1, 0.15) is 24.0 Å². The number of hydrogen-bond acceptors (Lipinski definition) is 3. The fourth-order valence-electron chi connectivity index (χ4n) is 1.85. The number of para-hydroxylation sites is 1. The second-order valence-electron chi connectivity index (χ2n) is 4.15. The van der Waals surface area contributed by atoms with Crippen molar-refractivity contribution in [2.45, 2.75) is 26.5 Å². The molecule has 0 saturated carbocycles. The van der Waals surface area contributed by atoms with Crippen molar-refractivity contribution in [3.63, 3.8) is 0 Å². The van der Waals surface area contributed by atoms with Crippen LogP contribution in [0.3, 0.4) is 0 Å². The van der Waals surface area contributed by atoms with Crippen LogP contribution in [0.25, 0.3) is 0 Å². The molecule has 96 valence electrons. The van der Waals surface area contributed by atoms with E-state index in [-0.39, 0.29) is 0 Å². The summed E-state index contributed by atoms with van der Waals surface area (Å²) in [5.41, 5.74) is 1.22. The van der Waals surface area contributed by atoms with E-state index in [9.17, 15) is 0 Å². The summed E-state index contributed by atoms with van der Waals surface area (Å²) in [5.74, 6) is 2.72. The molecule has 0 fully saturated rings. The van der Waals surface area contributed by atoms with Gasteiger partial charge in [-0.1, -0.05) is 25.1 Å². The normalized spacial score (nSPS) is 10.6. The summed E-state index contributed by atoms with van der Waals surface area (Å²) in [4.78, 5) is 0. The van der Waals surface area contributed by atoms with Crippen molar-refractivity contribution >= 4 is 0 Å². The van der Waals surface area contributed by atoms with Crippen LogP contribution in [-0.2, 0) is 19.6 Å². The molecule has 0 amide bonds. The molecule has 0 spiro atoms. The van der Waals surface area contributed by atoms with E-state index in [4.69, 9.17) is 9.15 Å². The van der Waals surface area contributed by atoms with Crippen molar-refractivity contribution in [2.75, 3.05) is 7.05 Å². The maximum absolute atomic E-state index is 5.79. The smallest absolute Gasteiger partial charge is 0.146 e. The second-order valence-corrected chi connectivity index (χ2v) is 4.15. The average Bonchev–Trinajstić information content (AvgIpc) is 2.85. The molecule has 1 heterocycles. The number of nitrogens with one attached hydrogen (secondary N) is 1. The topological polar surface area (TPSA) is 34.4 Å². The van der Waals surface area contributed by atoms with E-state index in [1.165, 1.54) is 5.56 Å². The van der Waals surface area contributed by atoms with E-state index in [2.05, 4.69) is 18.3 Å². The molecule has 0 unspecified atom stereocenters. The molecule has 2 rings (SSSR count). The van der Waals surface area contributed by atoms with E-state index >= 15 is 0 Å². The third-order valence-electron chi connectivity index (χ3n) is 2.79. The SMILES string of the molecule is CCc1ccccc1OCc1ccc(CNC)o1. The molecule has 2 aromatic rings. The van der Waals surface area contributed by atoms with Crippen LogP contribution in [0.5, 0.6) is 5.75 Å². The van der Waals surface area contributed by atoms with Crippen molar-refractivity contribution < 1.29 is 9.15 Å². The maximum atomic E-state index is 5.79. The van der Waals surface area contributed by atoms with Crippen LogP contribution in [0.4, 0.5) is 0 Å². The minimum Gasteiger partial charge on any atom is -0.485 e. The molecule has 18 heavy (non-hydrogen) atoms. The third kappa shape index (κ3) is 3.14. The van der Waals surface area contributed by atoms with Gasteiger partial charge in [-0.15, -0.1) is 0 Å². The zero-order chi connectivity index (χ0) is 12.8. The van der Waals surface area contributed by atoms with Gasteiger partial charge in [-0.25, -0.2) is 0 Å². The number of ether oxygens (including phenoxy) is 1. The van der Waals surface area contributed by atoms with Gasteiger partial charge in [0.25, 0.3) is 0 Å². The summed E-state index contributed by atoms with van der Waals surface area (Å²) in [6.07, 6.45) is 0.972. The molecule has 1 N–H and O–H groups in total. The average molecular weight is 245 g/mol. The maximum Gasteiger partial charge on any atom is 0.146 e. The Kier molecular flexibility index (Phi) is 4.42. The Morgan fingerprint density at radius 3 is 2.67 bits per heavy atom. The van der Waals surface area contributed by atoms with E-state index in [0.717, 1.165) is 30.2 Å². The van der Waals surface area contributed by atoms with Crippen molar-refractivity contribution in [1.29, 1.82) is 0 Å². The Hall–Kier alpha value is -1.74. The summed E-state index contributed by atoms with van der Waals surface area (Å²) >= 11 is 0. The van der Waals surface area contributed by atoms with Gasteiger partial charge in [-0.2, -0.15) is 0 Å². The minimum absolute atomic E-state index is 0.473. The fourth-order valence-corrected chi connectivity index (χ4v) is 1.85. The molecular formula is C15H19NO2. The van der Waals surface area contributed by atoms with E-state index < -0.39 is 0 Å². The molecule has 0 aliphatic carbocycles. The summed E-state index contributed by atoms with van der Waals surface area (Å²) in [7, 11) is 1.90. The summed E-state index contributed by atoms with van der Waals surface area (Å²) in [6, 6.07) is 12.0. The highest BCUT2D eigenvalue weighted by molar-refractivity contribution is 5.33. The quantitative estimate of drug-likeness (QED) is 0.849. The lowest BCUT2D eigenvalue weighted by atomic mass is 10.1. The number of aryl methyl sites for hydroxylation is 1. The minimum atomic E-state index is 0.473. The monoisotopic (exact) mass is 245 g/mol. The van der Waals surface area contributed by atoms with Gasteiger partial charge in [0.15, 0.2) is 0 Å². The van der Waals surface area contributed by atoms with Crippen molar-refractivity contribution in [3.05, 3.63) is 53.5 Å².